The van der Waals surface area contributed by atoms with Gasteiger partial charge in [0.05, 0.1) is 4.92 Å². The van der Waals surface area contributed by atoms with Crippen LogP contribution in [0.2, 0.25) is 0 Å². The van der Waals surface area contributed by atoms with Crippen molar-refractivity contribution < 1.29 is 4.92 Å². The van der Waals surface area contributed by atoms with E-state index in [1.54, 1.807) is 6.20 Å². The molecule has 19 heavy (non-hydrogen) atoms. The molecule has 104 valence electrons. The van der Waals surface area contributed by atoms with Crippen molar-refractivity contribution >= 4 is 27.4 Å². The van der Waals surface area contributed by atoms with Crippen molar-refractivity contribution in [2.75, 3.05) is 25.5 Å². The highest BCUT2D eigenvalue weighted by Gasteiger charge is 2.27. The fourth-order valence-corrected chi connectivity index (χ4v) is 2.74. The first kappa shape index (κ1) is 14.2. The van der Waals surface area contributed by atoms with Crippen molar-refractivity contribution in [2.24, 2.45) is 5.92 Å². The quantitative estimate of drug-likeness (QED) is 0.681. The highest BCUT2D eigenvalue weighted by molar-refractivity contribution is 9.10. The van der Waals surface area contributed by atoms with Crippen LogP contribution in [0.3, 0.4) is 0 Å². The molecule has 1 aromatic rings. The second kappa shape index (κ2) is 5.83. The summed E-state index contributed by atoms with van der Waals surface area (Å²) in [6.07, 6.45) is 2.54. The van der Waals surface area contributed by atoms with Crippen molar-refractivity contribution in [3.8, 4) is 0 Å². The first-order valence-corrected chi connectivity index (χ1v) is 7.01. The molecule has 6 nitrogen and oxygen atoms in total. The fourth-order valence-electron chi connectivity index (χ4n) is 2.42. The number of rotatable bonds is 3. The van der Waals surface area contributed by atoms with Gasteiger partial charge in [0.15, 0.2) is 0 Å². The Balaban J connectivity index is 2.17. The van der Waals surface area contributed by atoms with E-state index in [0.717, 1.165) is 19.5 Å². The number of hydrogen-bond donors (Lipinski definition) is 1. The Morgan fingerprint density at radius 3 is 3.00 bits per heavy atom. The van der Waals surface area contributed by atoms with Crippen LogP contribution >= 0.6 is 15.9 Å². The van der Waals surface area contributed by atoms with Gasteiger partial charge < -0.3 is 10.2 Å². The van der Waals surface area contributed by atoms with E-state index in [-0.39, 0.29) is 11.7 Å². The average molecular weight is 329 g/mol. The Hall–Kier alpha value is -1.21. The number of nitro groups is 1. The third-order valence-corrected chi connectivity index (χ3v) is 3.90. The van der Waals surface area contributed by atoms with E-state index >= 15 is 0 Å². The van der Waals surface area contributed by atoms with Gasteiger partial charge in [0.25, 0.3) is 0 Å². The molecule has 0 bridgehead atoms. The van der Waals surface area contributed by atoms with Gasteiger partial charge in [0.1, 0.15) is 0 Å². The Morgan fingerprint density at radius 1 is 1.63 bits per heavy atom. The molecular formula is C12H17BrN4O2. The van der Waals surface area contributed by atoms with Crippen LogP contribution in [0.1, 0.15) is 13.3 Å². The number of aromatic nitrogens is 1. The summed E-state index contributed by atoms with van der Waals surface area (Å²) in [7, 11) is 2.09. The van der Waals surface area contributed by atoms with Crippen LogP contribution in [0.15, 0.2) is 16.7 Å². The Labute approximate surface area is 120 Å². The number of halogens is 1. The molecule has 0 spiro atoms. The summed E-state index contributed by atoms with van der Waals surface area (Å²) < 4.78 is 0.612. The minimum absolute atomic E-state index is 0.0144. The lowest BCUT2D eigenvalue weighted by Gasteiger charge is -2.35. The number of nitrogens with one attached hydrogen (secondary N) is 1. The molecular weight excluding hydrogens is 312 g/mol. The number of hydrogen-bond acceptors (Lipinski definition) is 5. The standard InChI is InChI=1S/C12H17BrN4O2/c1-8-7-16(2)4-3-10(8)15-12-11(17(18)19)5-9(13)6-14-12/h5-6,8,10H,3-4,7H2,1-2H3,(H,14,15). The number of nitrogens with zero attached hydrogens (tertiary/aromatic N) is 3. The maximum Gasteiger partial charge on any atom is 0.312 e. The normalized spacial score (nSPS) is 24.2. The van der Waals surface area contributed by atoms with Gasteiger partial charge in [-0.25, -0.2) is 4.98 Å². The molecule has 1 aliphatic heterocycles. The predicted octanol–water partition coefficient (Wildman–Crippen LogP) is 2.50. The maximum absolute atomic E-state index is 11.0. The molecule has 2 unspecified atom stereocenters. The molecule has 1 fully saturated rings. The van der Waals surface area contributed by atoms with Gasteiger partial charge in [0.2, 0.25) is 5.82 Å². The van der Waals surface area contributed by atoms with Crippen molar-refractivity contribution in [2.45, 2.75) is 19.4 Å². The zero-order valence-electron chi connectivity index (χ0n) is 11.0. The molecule has 2 heterocycles. The number of anilines is 1. The van der Waals surface area contributed by atoms with E-state index in [9.17, 15) is 10.1 Å². The van der Waals surface area contributed by atoms with Crippen molar-refractivity contribution in [3.63, 3.8) is 0 Å². The van der Waals surface area contributed by atoms with E-state index in [0.29, 0.717) is 16.2 Å². The third-order valence-electron chi connectivity index (χ3n) is 3.46. The van der Waals surface area contributed by atoms with Crippen LogP contribution in [0.25, 0.3) is 0 Å². The minimum Gasteiger partial charge on any atom is -0.361 e. The summed E-state index contributed by atoms with van der Waals surface area (Å²) in [5.41, 5.74) is 0.0144. The van der Waals surface area contributed by atoms with Crippen LogP contribution in [0.5, 0.6) is 0 Å². The molecule has 2 atom stereocenters. The van der Waals surface area contributed by atoms with Crippen molar-refractivity contribution in [3.05, 3.63) is 26.9 Å². The van der Waals surface area contributed by atoms with E-state index < -0.39 is 4.92 Å². The largest absolute Gasteiger partial charge is 0.361 e. The van der Waals surface area contributed by atoms with Gasteiger partial charge in [-0.05, 0) is 41.9 Å². The summed E-state index contributed by atoms with van der Waals surface area (Å²) >= 11 is 3.21. The highest BCUT2D eigenvalue weighted by atomic mass is 79.9. The molecule has 1 N–H and O–H groups in total. The average Bonchev–Trinajstić information content (AvgIpc) is 2.34. The summed E-state index contributed by atoms with van der Waals surface area (Å²) in [5.74, 6) is 0.790. The molecule has 0 aliphatic carbocycles. The molecule has 0 amide bonds. The second-order valence-electron chi connectivity index (χ2n) is 5.06. The first-order chi connectivity index (χ1) is 8.97. The number of pyridine rings is 1. The first-order valence-electron chi connectivity index (χ1n) is 6.22. The van der Waals surface area contributed by atoms with Gasteiger partial charge in [-0.1, -0.05) is 6.92 Å². The van der Waals surface area contributed by atoms with E-state index in [1.807, 2.05) is 0 Å². The zero-order chi connectivity index (χ0) is 14.0. The summed E-state index contributed by atoms with van der Waals surface area (Å²) in [6.45, 7) is 4.13. The molecule has 0 radical (unpaired) electrons. The maximum atomic E-state index is 11.0. The SMILES string of the molecule is CC1CN(C)CCC1Nc1ncc(Br)cc1[N+](=O)[O-]. The Morgan fingerprint density at radius 2 is 2.37 bits per heavy atom. The topological polar surface area (TPSA) is 71.3 Å². The van der Waals surface area contributed by atoms with E-state index in [1.165, 1.54) is 6.07 Å². The molecule has 7 heteroatoms. The van der Waals surface area contributed by atoms with Crippen molar-refractivity contribution in [1.82, 2.24) is 9.88 Å². The Bertz CT molecular complexity index is 483. The van der Waals surface area contributed by atoms with Gasteiger partial charge in [-0.2, -0.15) is 0 Å². The summed E-state index contributed by atoms with van der Waals surface area (Å²) in [6, 6.07) is 1.71. The minimum atomic E-state index is -0.403. The van der Waals surface area contributed by atoms with Gasteiger partial charge in [-0.3, -0.25) is 10.1 Å². The number of likely N-dealkylation sites (tertiary alicyclic amines) is 1. The van der Waals surface area contributed by atoms with Crippen molar-refractivity contribution in [1.29, 1.82) is 0 Å². The van der Waals surface area contributed by atoms with Gasteiger partial charge in [-0.15, -0.1) is 0 Å². The lowest BCUT2D eigenvalue weighted by molar-refractivity contribution is -0.384. The van der Waals surface area contributed by atoms with Crippen LogP contribution < -0.4 is 5.32 Å². The lowest BCUT2D eigenvalue weighted by atomic mass is 9.94. The summed E-state index contributed by atoms with van der Waals surface area (Å²) in [5, 5.41) is 14.3. The van der Waals surface area contributed by atoms with Gasteiger partial charge >= 0.3 is 5.69 Å². The second-order valence-corrected chi connectivity index (χ2v) is 5.97. The molecule has 2 rings (SSSR count). The van der Waals surface area contributed by atoms with Crippen LogP contribution in [-0.4, -0.2) is 41.0 Å². The molecule has 0 saturated carbocycles. The monoisotopic (exact) mass is 328 g/mol. The molecule has 1 saturated heterocycles. The van der Waals surface area contributed by atoms with Crippen LogP contribution in [-0.2, 0) is 0 Å². The molecule has 1 aliphatic rings. The van der Waals surface area contributed by atoms with Crippen LogP contribution in [0, 0.1) is 16.0 Å². The lowest BCUT2D eigenvalue weighted by Crippen LogP contribution is -2.43. The molecule has 0 aromatic carbocycles. The fraction of sp³-hybridized carbons (Fsp3) is 0.583. The number of piperidine rings is 1. The van der Waals surface area contributed by atoms with Gasteiger partial charge in [0, 0.05) is 29.3 Å². The Kier molecular flexibility index (Phi) is 4.36. The predicted molar refractivity (Wildman–Crippen MR) is 77.3 cm³/mol. The summed E-state index contributed by atoms with van der Waals surface area (Å²) in [4.78, 5) is 17.0. The highest BCUT2D eigenvalue weighted by Crippen LogP contribution is 2.28. The smallest absolute Gasteiger partial charge is 0.312 e. The molecule has 1 aromatic heterocycles. The third kappa shape index (κ3) is 3.42. The zero-order valence-corrected chi connectivity index (χ0v) is 12.6. The van der Waals surface area contributed by atoms with E-state index in [4.69, 9.17) is 0 Å². The van der Waals surface area contributed by atoms with E-state index in [2.05, 4.69) is 45.1 Å². The van der Waals surface area contributed by atoms with Crippen LogP contribution in [0.4, 0.5) is 11.5 Å².